The molecule has 1 saturated carbocycles. The monoisotopic (exact) mass is 177 g/mol. The first-order chi connectivity index (χ1) is 6.42. The predicted molar refractivity (Wildman–Crippen MR) is 51.6 cm³/mol. The number of nitrogens with zero attached hydrogens (tertiary/aromatic N) is 1. The molecule has 0 bridgehead atoms. The highest BCUT2D eigenvalue weighted by atomic mass is 15.2. The van der Waals surface area contributed by atoms with Gasteiger partial charge in [0.2, 0.25) is 0 Å². The van der Waals surface area contributed by atoms with Crippen LogP contribution in [-0.4, -0.2) is 4.98 Å². The number of rotatable bonds is 3. The lowest BCUT2D eigenvalue weighted by Crippen LogP contribution is -2.36. The van der Waals surface area contributed by atoms with Crippen molar-refractivity contribution >= 4 is 0 Å². The van der Waals surface area contributed by atoms with E-state index in [1.165, 1.54) is 19.3 Å². The maximum absolute atomic E-state index is 5.53. The molecule has 1 aliphatic rings. The summed E-state index contributed by atoms with van der Waals surface area (Å²) < 4.78 is 0. The molecule has 0 aliphatic heterocycles. The Balaban J connectivity index is 2.12. The van der Waals surface area contributed by atoms with E-state index in [9.17, 15) is 0 Å². The standard InChI is InChI=1S/C10H15N3/c11-13-10(8-4-3-5-8)9-6-1-2-7-12-9/h1-2,6-8,10,13H,3-5,11H2. The van der Waals surface area contributed by atoms with Gasteiger partial charge in [-0.25, -0.2) is 0 Å². The van der Waals surface area contributed by atoms with Crippen LogP contribution in [0.4, 0.5) is 0 Å². The fourth-order valence-corrected chi connectivity index (χ4v) is 1.80. The minimum atomic E-state index is 0.245. The summed E-state index contributed by atoms with van der Waals surface area (Å²) in [5.41, 5.74) is 3.92. The molecule has 1 fully saturated rings. The van der Waals surface area contributed by atoms with Gasteiger partial charge < -0.3 is 0 Å². The van der Waals surface area contributed by atoms with Crippen LogP contribution in [0.15, 0.2) is 24.4 Å². The Bertz CT molecular complexity index is 256. The van der Waals surface area contributed by atoms with E-state index in [1.807, 2.05) is 24.4 Å². The number of nitrogens with two attached hydrogens (primary N) is 1. The number of hydrogen-bond acceptors (Lipinski definition) is 3. The van der Waals surface area contributed by atoms with Crippen LogP contribution in [0.1, 0.15) is 31.0 Å². The van der Waals surface area contributed by atoms with Gasteiger partial charge in [0, 0.05) is 6.20 Å². The number of pyridine rings is 1. The molecule has 0 aromatic carbocycles. The average molecular weight is 177 g/mol. The lowest BCUT2D eigenvalue weighted by molar-refractivity contribution is 0.229. The minimum Gasteiger partial charge on any atom is -0.271 e. The van der Waals surface area contributed by atoms with E-state index in [2.05, 4.69) is 10.4 Å². The molecule has 0 amide bonds. The van der Waals surface area contributed by atoms with E-state index in [0.29, 0.717) is 5.92 Å². The van der Waals surface area contributed by atoms with E-state index in [0.717, 1.165) is 5.69 Å². The van der Waals surface area contributed by atoms with Gasteiger partial charge in [-0.15, -0.1) is 0 Å². The molecule has 1 heterocycles. The first-order valence-electron chi connectivity index (χ1n) is 4.79. The highest BCUT2D eigenvalue weighted by Crippen LogP contribution is 2.36. The summed E-state index contributed by atoms with van der Waals surface area (Å²) in [6.45, 7) is 0. The number of nitrogens with one attached hydrogen (secondary N) is 1. The van der Waals surface area contributed by atoms with Crippen molar-refractivity contribution in [3.05, 3.63) is 30.1 Å². The van der Waals surface area contributed by atoms with Crippen LogP contribution in [0.2, 0.25) is 0 Å². The van der Waals surface area contributed by atoms with Crippen molar-refractivity contribution in [1.82, 2.24) is 10.4 Å². The maximum atomic E-state index is 5.53. The molecular formula is C10H15N3. The van der Waals surface area contributed by atoms with Crippen molar-refractivity contribution < 1.29 is 0 Å². The Morgan fingerprint density at radius 3 is 2.77 bits per heavy atom. The Hall–Kier alpha value is -0.930. The maximum Gasteiger partial charge on any atom is 0.0660 e. The zero-order valence-electron chi connectivity index (χ0n) is 7.61. The van der Waals surface area contributed by atoms with Gasteiger partial charge in [-0.1, -0.05) is 12.5 Å². The van der Waals surface area contributed by atoms with Crippen LogP contribution >= 0.6 is 0 Å². The van der Waals surface area contributed by atoms with E-state index >= 15 is 0 Å². The Labute approximate surface area is 78.3 Å². The molecule has 13 heavy (non-hydrogen) atoms. The second kappa shape index (κ2) is 3.85. The van der Waals surface area contributed by atoms with E-state index in [-0.39, 0.29) is 6.04 Å². The molecule has 70 valence electrons. The Kier molecular flexibility index (Phi) is 2.57. The van der Waals surface area contributed by atoms with Crippen LogP contribution in [0, 0.1) is 5.92 Å². The molecule has 1 aromatic heterocycles. The molecule has 1 aromatic rings. The molecule has 0 spiro atoms. The highest BCUT2D eigenvalue weighted by molar-refractivity contribution is 5.10. The van der Waals surface area contributed by atoms with Crippen molar-refractivity contribution in [1.29, 1.82) is 0 Å². The lowest BCUT2D eigenvalue weighted by Gasteiger charge is -2.32. The third kappa shape index (κ3) is 1.71. The van der Waals surface area contributed by atoms with E-state index < -0.39 is 0 Å². The first-order valence-corrected chi connectivity index (χ1v) is 4.79. The zero-order chi connectivity index (χ0) is 9.10. The summed E-state index contributed by atoms with van der Waals surface area (Å²) in [4.78, 5) is 4.31. The van der Waals surface area contributed by atoms with E-state index in [1.54, 1.807) is 0 Å². The summed E-state index contributed by atoms with van der Waals surface area (Å²) in [6, 6.07) is 6.21. The van der Waals surface area contributed by atoms with Gasteiger partial charge in [0.05, 0.1) is 11.7 Å². The second-order valence-corrected chi connectivity index (χ2v) is 3.59. The average Bonchev–Trinajstić information content (AvgIpc) is 2.12. The summed E-state index contributed by atoms with van der Waals surface area (Å²) in [7, 11) is 0. The minimum absolute atomic E-state index is 0.245. The van der Waals surface area contributed by atoms with Gasteiger partial charge in [0.1, 0.15) is 0 Å². The van der Waals surface area contributed by atoms with Crippen LogP contribution < -0.4 is 11.3 Å². The smallest absolute Gasteiger partial charge is 0.0660 e. The Morgan fingerprint density at radius 2 is 2.31 bits per heavy atom. The van der Waals surface area contributed by atoms with Crippen molar-refractivity contribution in [3.8, 4) is 0 Å². The highest BCUT2D eigenvalue weighted by Gasteiger charge is 2.28. The fourth-order valence-electron chi connectivity index (χ4n) is 1.80. The van der Waals surface area contributed by atoms with Crippen molar-refractivity contribution in [2.75, 3.05) is 0 Å². The molecule has 0 saturated heterocycles. The third-order valence-electron chi connectivity index (χ3n) is 2.81. The number of hydrazine groups is 1. The fraction of sp³-hybridized carbons (Fsp3) is 0.500. The number of aromatic nitrogens is 1. The number of hydrogen-bond donors (Lipinski definition) is 2. The van der Waals surface area contributed by atoms with Gasteiger partial charge in [0.25, 0.3) is 0 Å². The van der Waals surface area contributed by atoms with Gasteiger partial charge >= 0.3 is 0 Å². The summed E-state index contributed by atoms with van der Waals surface area (Å²) >= 11 is 0. The normalized spacial score (nSPS) is 19.5. The van der Waals surface area contributed by atoms with Crippen molar-refractivity contribution in [3.63, 3.8) is 0 Å². The van der Waals surface area contributed by atoms with Crippen LogP contribution in [0.3, 0.4) is 0 Å². The lowest BCUT2D eigenvalue weighted by atomic mass is 9.79. The molecule has 1 aliphatic carbocycles. The molecule has 3 N–H and O–H groups in total. The molecule has 1 atom stereocenters. The molecular weight excluding hydrogens is 162 g/mol. The summed E-state index contributed by atoms with van der Waals surface area (Å²) in [5, 5.41) is 0. The first kappa shape index (κ1) is 8.66. The van der Waals surface area contributed by atoms with Crippen LogP contribution in [0.5, 0.6) is 0 Å². The van der Waals surface area contributed by atoms with Crippen molar-refractivity contribution in [2.24, 2.45) is 11.8 Å². The predicted octanol–water partition coefficient (Wildman–Crippen LogP) is 1.39. The molecule has 0 radical (unpaired) electrons. The van der Waals surface area contributed by atoms with Crippen LogP contribution in [0.25, 0.3) is 0 Å². The topological polar surface area (TPSA) is 50.9 Å². The van der Waals surface area contributed by atoms with E-state index in [4.69, 9.17) is 5.84 Å². The van der Waals surface area contributed by atoms with Crippen molar-refractivity contribution in [2.45, 2.75) is 25.3 Å². The molecule has 3 nitrogen and oxygen atoms in total. The Morgan fingerprint density at radius 1 is 1.46 bits per heavy atom. The third-order valence-corrected chi connectivity index (χ3v) is 2.81. The largest absolute Gasteiger partial charge is 0.271 e. The summed E-state index contributed by atoms with van der Waals surface area (Å²) in [5.74, 6) is 6.21. The zero-order valence-corrected chi connectivity index (χ0v) is 7.61. The molecule has 2 rings (SSSR count). The van der Waals surface area contributed by atoms with Gasteiger partial charge in [-0.05, 0) is 30.9 Å². The second-order valence-electron chi connectivity index (χ2n) is 3.59. The molecule has 3 heteroatoms. The quantitative estimate of drug-likeness (QED) is 0.542. The van der Waals surface area contributed by atoms with Gasteiger partial charge in [-0.2, -0.15) is 0 Å². The summed E-state index contributed by atoms with van der Waals surface area (Å²) in [6.07, 6.45) is 5.69. The van der Waals surface area contributed by atoms with Gasteiger partial charge in [-0.3, -0.25) is 16.3 Å². The van der Waals surface area contributed by atoms with Gasteiger partial charge in [0.15, 0.2) is 0 Å². The molecule has 1 unspecified atom stereocenters. The SMILES string of the molecule is NNC(c1ccccn1)C1CCC1. The van der Waals surface area contributed by atoms with Crippen LogP contribution in [-0.2, 0) is 0 Å².